The molecule has 2 aromatic carbocycles. The molecule has 0 spiro atoms. The van der Waals surface area contributed by atoms with Crippen LogP contribution in [-0.2, 0) is 11.3 Å². The molecule has 0 saturated carbocycles. The second-order valence-electron chi connectivity index (χ2n) is 5.95. The number of para-hydroxylation sites is 1. The van der Waals surface area contributed by atoms with Crippen molar-refractivity contribution in [2.75, 3.05) is 5.73 Å². The van der Waals surface area contributed by atoms with Gasteiger partial charge in [0.15, 0.2) is 12.4 Å². The van der Waals surface area contributed by atoms with Gasteiger partial charge in [0, 0.05) is 10.9 Å². The molecule has 0 unspecified atom stereocenters. The normalized spacial score (nSPS) is 10.9. The third-order valence-corrected chi connectivity index (χ3v) is 4.13. The number of aromatic nitrogens is 3. The molecule has 4 rings (SSSR count). The number of nitrogen functional groups attached to an aromatic ring is 1. The summed E-state index contributed by atoms with van der Waals surface area (Å²) in [6.07, 6.45) is 0. The molecule has 2 aromatic heterocycles. The van der Waals surface area contributed by atoms with Gasteiger partial charge in [-0.1, -0.05) is 47.6 Å². The van der Waals surface area contributed by atoms with Crippen molar-refractivity contribution in [2.45, 2.75) is 13.5 Å². The highest BCUT2D eigenvalue weighted by Gasteiger charge is 2.23. The van der Waals surface area contributed by atoms with E-state index >= 15 is 0 Å². The van der Waals surface area contributed by atoms with Crippen molar-refractivity contribution in [3.63, 3.8) is 0 Å². The van der Waals surface area contributed by atoms with Gasteiger partial charge in [-0.15, -0.1) is 0 Å². The first kappa shape index (κ1) is 16.7. The average Bonchev–Trinajstić information content (AvgIpc) is 3.08. The predicted molar refractivity (Wildman–Crippen MR) is 99.7 cm³/mol. The van der Waals surface area contributed by atoms with Crippen LogP contribution in [-0.4, -0.2) is 21.1 Å². The second-order valence-corrected chi connectivity index (χ2v) is 5.95. The minimum Gasteiger partial charge on any atom is -0.454 e. The van der Waals surface area contributed by atoms with Crippen molar-refractivity contribution in [3.8, 4) is 11.3 Å². The molecule has 2 heterocycles. The maximum absolute atomic E-state index is 12.6. The number of esters is 1. The summed E-state index contributed by atoms with van der Waals surface area (Å²) < 4.78 is 10.6. The number of benzene rings is 2. The van der Waals surface area contributed by atoms with Crippen LogP contribution in [0.5, 0.6) is 0 Å². The molecule has 134 valence electrons. The number of fused-ring (bicyclic) bond motifs is 1. The largest absolute Gasteiger partial charge is 0.454 e. The Balaban J connectivity index is 1.58. The maximum Gasteiger partial charge on any atom is 0.344 e. The first-order valence-electron chi connectivity index (χ1n) is 8.33. The molecule has 0 saturated heterocycles. The third kappa shape index (κ3) is 3.22. The minimum absolute atomic E-state index is 0.104. The summed E-state index contributed by atoms with van der Waals surface area (Å²) >= 11 is 0. The average molecular weight is 360 g/mol. The number of carbonyl (C=O) groups is 1. The van der Waals surface area contributed by atoms with Gasteiger partial charge in [0.2, 0.25) is 0 Å². The number of anilines is 1. The SMILES string of the molecule is Cc1onc(-c2ccccc2)c1C(=O)OCc1nc(N)c2ccccc2n1. The summed E-state index contributed by atoms with van der Waals surface area (Å²) in [7, 11) is 0. The van der Waals surface area contributed by atoms with E-state index < -0.39 is 5.97 Å². The molecule has 0 bridgehead atoms. The Kier molecular flexibility index (Phi) is 4.25. The number of nitrogens with two attached hydrogens (primary N) is 1. The van der Waals surface area contributed by atoms with Crippen molar-refractivity contribution in [1.82, 2.24) is 15.1 Å². The zero-order valence-corrected chi connectivity index (χ0v) is 14.5. The van der Waals surface area contributed by atoms with Gasteiger partial charge in [-0.05, 0) is 19.1 Å². The van der Waals surface area contributed by atoms with Crippen LogP contribution in [0.3, 0.4) is 0 Å². The molecule has 0 atom stereocenters. The molecule has 0 radical (unpaired) electrons. The van der Waals surface area contributed by atoms with Crippen molar-refractivity contribution < 1.29 is 14.1 Å². The lowest BCUT2D eigenvalue weighted by Crippen LogP contribution is -2.10. The van der Waals surface area contributed by atoms with Gasteiger partial charge in [0.25, 0.3) is 0 Å². The van der Waals surface area contributed by atoms with Crippen molar-refractivity contribution in [1.29, 1.82) is 0 Å². The summed E-state index contributed by atoms with van der Waals surface area (Å²) in [6, 6.07) is 16.7. The Hall–Kier alpha value is -3.74. The van der Waals surface area contributed by atoms with Crippen LogP contribution in [0.15, 0.2) is 59.1 Å². The first-order chi connectivity index (χ1) is 13.1. The minimum atomic E-state index is -0.553. The molecule has 27 heavy (non-hydrogen) atoms. The van der Waals surface area contributed by atoms with Crippen LogP contribution >= 0.6 is 0 Å². The van der Waals surface area contributed by atoms with Gasteiger partial charge in [-0.3, -0.25) is 0 Å². The Morgan fingerprint density at radius 2 is 1.81 bits per heavy atom. The van der Waals surface area contributed by atoms with Gasteiger partial charge in [0.1, 0.15) is 22.8 Å². The lowest BCUT2D eigenvalue weighted by molar-refractivity contribution is 0.0461. The van der Waals surface area contributed by atoms with E-state index in [2.05, 4.69) is 15.1 Å². The standard InChI is InChI=1S/C20H16N4O3/c1-12-17(18(24-27-12)13-7-3-2-4-8-13)20(25)26-11-16-22-15-10-6-5-9-14(15)19(21)23-16/h2-10H,11H2,1H3,(H2,21,22,23). The number of hydrogen-bond donors (Lipinski definition) is 1. The second kappa shape index (κ2) is 6.87. The molecule has 0 fully saturated rings. The molecule has 0 aliphatic heterocycles. The predicted octanol–water partition coefficient (Wildman–Crippen LogP) is 3.53. The Bertz CT molecular complexity index is 1120. The van der Waals surface area contributed by atoms with Gasteiger partial charge < -0.3 is 15.0 Å². The van der Waals surface area contributed by atoms with Crippen LogP contribution in [0.25, 0.3) is 22.2 Å². The Morgan fingerprint density at radius 3 is 2.63 bits per heavy atom. The van der Waals surface area contributed by atoms with E-state index in [1.807, 2.05) is 54.6 Å². The molecule has 7 nitrogen and oxygen atoms in total. The van der Waals surface area contributed by atoms with E-state index in [9.17, 15) is 4.79 Å². The molecule has 0 aliphatic rings. The van der Waals surface area contributed by atoms with Crippen LogP contribution in [0.2, 0.25) is 0 Å². The number of hydrogen-bond acceptors (Lipinski definition) is 7. The maximum atomic E-state index is 12.6. The summed E-state index contributed by atoms with van der Waals surface area (Å²) in [6.45, 7) is 1.56. The van der Waals surface area contributed by atoms with Crippen LogP contribution < -0.4 is 5.73 Å². The number of rotatable bonds is 4. The zero-order valence-electron chi connectivity index (χ0n) is 14.5. The zero-order chi connectivity index (χ0) is 18.8. The monoisotopic (exact) mass is 360 g/mol. The molecule has 4 aromatic rings. The van der Waals surface area contributed by atoms with E-state index in [1.165, 1.54) is 0 Å². The quantitative estimate of drug-likeness (QED) is 0.555. The van der Waals surface area contributed by atoms with Crippen molar-refractivity contribution >= 4 is 22.7 Å². The molecule has 2 N–H and O–H groups in total. The Labute approximate surface area is 154 Å². The fourth-order valence-electron chi connectivity index (χ4n) is 2.82. The van der Waals surface area contributed by atoms with Crippen LogP contribution in [0, 0.1) is 6.92 Å². The van der Waals surface area contributed by atoms with Crippen LogP contribution in [0.4, 0.5) is 5.82 Å². The van der Waals surface area contributed by atoms with Gasteiger partial charge in [-0.25, -0.2) is 14.8 Å². The lowest BCUT2D eigenvalue weighted by atomic mass is 10.1. The molecule has 7 heteroatoms. The number of aryl methyl sites for hydroxylation is 1. The third-order valence-electron chi connectivity index (χ3n) is 4.13. The molecular formula is C20H16N4O3. The fourth-order valence-corrected chi connectivity index (χ4v) is 2.82. The Morgan fingerprint density at radius 1 is 1.07 bits per heavy atom. The highest BCUT2D eigenvalue weighted by Crippen LogP contribution is 2.26. The van der Waals surface area contributed by atoms with Gasteiger partial charge >= 0.3 is 5.97 Å². The van der Waals surface area contributed by atoms with E-state index in [0.717, 1.165) is 10.9 Å². The number of nitrogens with zero attached hydrogens (tertiary/aromatic N) is 3. The highest BCUT2D eigenvalue weighted by atomic mass is 16.5. The van der Waals surface area contributed by atoms with E-state index in [-0.39, 0.29) is 12.2 Å². The molecular weight excluding hydrogens is 344 g/mol. The van der Waals surface area contributed by atoms with E-state index in [4.69, 9.17) is 15.0 Å². The van der Waals surface area contributed by atoms with Crippen molar-refractivity contribution in [3.05, 3.63) is 71.7 Å². The summed E-state index contributed by atoms with van der Waals surface area (Å²) in [5.74, 6) is 0.508. The van der Waals surface area contributed by atoms with Gasteiger partial charge in [0.05, 0.1) is 5.52 Å². The number of ether oxygens (including phenoxy) is 1. The summed E-state index contributed by atoms with van der Waals surface area (Å²) in [5, 5.41) is 4.75. The fraction of sp³-hybridized carbons (Fsp3) is 0.100. The summed E-state index contributed by atoms with van der Waals surface area (Å²) in [5.41, 5.74) is 8.16. The smallest absolute Gasteiger partial charge is 0.344 e. The van der Waals surface area contributed by atoms with E-state index in [1.54, 1.807) is 6.92 Å². The highest BCUT2D eigenvalue weighted by molar-refractivity contribution is 5.97. The van der Waals surface area contributed by atoms with E-state index in [0.29, 0.717) is 28.6 Å². The lowest BCUT2D eigenvalue weighted by Gasteiger charge is -2.07. The van der Waals surface area contributed by atoms with Gasteiger partial charge in [-0.2, -0.15) is 0 Å². The topological polar surface area (TPSA) is 104 Å². The summed E-state index contributed by atoms with van der Waals surface area (Å²) in [4.78, 5) is 21.2. The first-order valence-corrected chi connectivity index (χ1v) is 8.33. The number of carbonyl (C=O) groups excluding carboxylic acids is 1. The molecule has 0 amide bonds. The van der Waals surface area contributed by atoms with Crippen LogP contribution in [0.1, 0.15) is 21.9 Å². The van der Waals surface area contributed by atoms with Crippen molar-refractivity contribution in [2.24, 2.45) is 0 Å². The molecule has 0 aliphatic carbocycles.